The van der Waals surface area contributed by atoms with Crippen LogP contribution >= 0.6 is 0 Å². The highest BCUT2D eigenvalue weighted by atomic mass is 16.3. The van der Waals surface area contributed by atoms with Gasteiger partial charge in [-0.05, 0) is 52.3 Å². The molecule has 3 aromatic carbocycles. The second-order valence-corrected chi connectivity index (χ2v) is 7.31. The fraction of sp³-hybridized carbons (Fsp3) is 0.250. The van der Waals surface area contributed by atoms with Crippen molar-refractivity contribution in [1.29, 1.82) is 0 Å². The van der Waals surface area contributed by atoms with Crippen molar-refractivity contribution >= 4 is 21.9 Å². The van der Waals surface area contributed by atoms with E-state index in [0.717, 1.165) is 16.7 Å². The zero-order valence-electron chi connectivity index (χ0n) is 15.3. The van der Waals surface area contributed by atoms with Crippen LogP contribution in [0.5, 0.6) is 0 Å². The van der Waals surface area contributed by atoms with E-state index in [1.54, 1.807) is 0 Å². The Labute approximate surface area is 149 Å². The van der Waals surface area contributed by atoms with Crippen LogP contribution in [0, 0.1) is 6.07 Å². The summed E-state index contributed by atoms with van der Waals surface area (Å²) in [5.41, 5.74) is 7.13. The maximum absolute atomic E-state index is 6.23. The first kappa shape index (κ1) is 16.0. The van der Waals surface area contributed by atoms with E-state index < -0.39 is 0 Å². The Kier molecular flexibility index (Phi) is 3.88. The largest absolute Gasteiger partial charge is 0.456 e. The maximum Gasteiger partial charge on any atom is 0.136 e. The summed E-state index contributed by atoms with van der Waals surface area (Å²) in [6.07, 6.45) is 0. The van der Waals surface area contributed by atoms with Gasteiger partial charge in [0.05, 0.1) is 0 Å². The Morgan fingerprint density at radius 1 is 0.840 bits per heavy atom. The van der Waals surface area contributed by atoms with Crippen molar-refractivity contribution in [3.8, 4) is 11.1 Å². The van der Waals surface area contributed by atoms with Crippen LogP contribution in [0.1, 0.15) is 50.7 Å². The molecule has 1 heterocycles. The zero-order valence-corrected chi connectivity index (χ0v) is 15.3. The van der Waals surface area contributed by atoms with Gasteiger partial charge < -0.3 is 4.42 Å². The average molecular weight is 327 g/mol. The van der Waals surface area contributed by atoms with Crippen molar-refractivity contribution < 1.29 is 4.42 Å². The van der Waals surface area contributed by atoms with Crippen molar-refractivity contribution in [3.63, 3.8) is 0 Å². The number of rotatable bonds is 3. The van der Waals surface area contributed by atoms with Gasteiger partial charge in [0.2, 0.25) is 0 Å². The predicted molar refractivity (Wildman–Crippen MR) is 106 cm³/mol. The number of para-hydroxylation sites is 1. The number of fused-ring (bicyclic) bond motifs is 3. The molecule has 4 rings (SSSR count). The summed E-state index contributed by atoms with van der Waals surface area (Å²) in [6.45, 7) is 9.08. The van der Waals surface area contributed by atoms with Crippen LogP contribution in [0.2, 0.25) is 0 Å². The third kappa shape index (κ3) is 2.55. The molecule has 1 nitrogen and oxygen atoms in total. The average Bonchev–Trinajstić information content (AvgIpc) is 2.99. The highest BCUT2D eigenvalue weighted by Crippen LogP contribution is 2.44. The van der Waals surface area contributed by atoms with Crippen LogP contribution in [0.15, 0.2) is 59.0 Å². The number of benzene rings is 3. The van der Waals surface area contributed by atoms with Gasteiger partial charge in [-0.3, -0.25) is 0 Å². The summed E-state index contributed by atoms with van der Waals surface area (Å²) in [5, 5.41) is 2.40. The predicted octanol–water partition coefficient (Wildman–Crippen LogP) is 7.30. The smallest absolute Gasteiger partial charge is 0.136 e. The van der Waals surface area contributed by atoms with Gasteiger partial charge in [-0.1, -0.05) is 70.2 Å². The molecule has 0 saturated heterocycles. The Balaban J connectivity index is 2.25. The Bertz CT molecular complexity index is 1040. The second kappa shape index (κ2) is 6.07. The van der Waals surface area contributed by atoms with E-state index in [-0.39, 0.29) is 0 Å². The second-order valence-electron chi connectivity index (χ2n) is 7.31. The van der Waals surface area contributed by atoms with Crippen LogP contribution in [-0.2, 0) is 0 Å². The zero-order chi connectivity index (χ0) is 17.6. The molecule has 0 spiro atoms. The van der Waals surface area contributed by atoms with Crippen molar-refractivity contribution in [2.24, 2.45) is 0 Å². The molecule has 0 N–H and O–H groups in total. The quantitative estimate of drug-likeness (QED) is 0.385. The molecule has 1 radical (unpaired) electrons. The highest BCUT2D eigenvalue weighted by Gasteiger charge is 2.22. The lowest BCUT2D eigenvalue weighted by Gasteiger charge is -2.21. The van der Waals surface area contributed by atoms with Gasteiger partial charge in [0.25, 0.3) is 0 Å². The maximum atomic E-state index is 6.23. The third-order valence-corrected chi connectivity index (χ3v) is 4.92. The van der Waals surface area contributed by atoms with Crippen molar-refractivity contribution in [1.82, 2.24) is 0 Å². The first-order valence-electron chi connectivity index (χ1n) is 9.03. The molecule has 0 fully saturated rings. The first-order chi connectivity index (χ1) is 12.1. The van der Waals surface area contributed by atoms with Gasteiger partial charge >= 0.3 is 0 Å². The lowest BCUT2D eigenvalue weighted by atomic mass is 9.82. The summed E-state index contributed by atoms with van der Waals surface area (Å²) >= 11 is 0. The molecule has 25 heavy (non-hydrogen) atoms. The molecule has 0 atom stereocenters. The number of hydrogen-bond acceptors (Lipinski definition) is 1. The highest BCUT2D eigenvalue weighted by molar-refractivity contribution is 6.13. The molecule has 0 amide bonds. The van der Waals surface area contributed by atoms with Gasteiger partial charge in [0.1, 0.15) is 11.2 Å². The SMILES string of the molecule is CC(C)c1cc2oc3ccccc3c2c(-c2[c]cccc2)c1C(C)C. The Morgan fingerprint density at radius 2 is 1.60 bits per heavy atom. The molecule has 4 aromatic rings. The van der Waals surface area contributed by atoms with E-state index in [4.69, 9.17) is 4.42 Å². The first-order valence-corrected chi connectivity index (χ1v) is 9.03. The van der Waals surface area contributed by atoms with E-state index in [1.807, 2.05) is 18.2 Å². The molecule has 1 heteroatoms. The number of furan rings is 1. The molecular weight excluding hydrogens is 304 g/mol. The molecule has 0 aliphatic carbocycles. The van der Waals surface area contributed by atoms with Crippen LogP contribution in [-0.4, -0.2) is 0 Å². The molecular formula is C24H23O. The van der Waals surface area contributed by atoms with Gasteiger partial charge in [-0.15, -0.1) is 0 Å². The molecule has 125 valence electrons. The third-order valence-electron chi connectivity index (χ3n) is 4.92. The van der Waals surface area contributed by atoms with Gasteiger partial charge in [-0.2, -0.15) is 0 Å². The van der Waals surface area contributed by atoms with Crippen molar-refractivity contribution in [2.45, 2.75) is 39.5 Å². The van der Waals surface area contributed by atoms with Crippen LogP contribution in [0.4, 0.5) is 0 Å². The lowest BCUT2D eigenvalue weighted by molar-refractivity contribution is 0.666. The minimum atomic E-state index is 0.430. The number of hydrogen-bond donors (Lipinski definition) is 0. The Morgan fingerprint density at radius 3 is 2.28 bits per heavy atom. The van der Waals surface area contributed by atoms with E-state index in [1.165, 1.54) is 27.5 Å². The monoisotopic (exact) mass is 327 g/mol. The fourth-order valence-corrected chi connectivity index (χ4v) is 3.85. The van der Waals surface area contributed by atoms with E-state index in [0.29, 0.717) is 11.8 Å². The van der Waals surface area contributed by atoms with Crippen LogP contribution < -0.4 is 0 Å². The van der Waals surface area contributed by atoms with Gasteiger partial charge in [-0.25, -0.2) is 0 Å². The molecule has 0 saturated carbocycles. The van der Waals surface area contributed by atoms with E-state index >= 15 is 0 Å². The van der Waals surface area contributed by atoms with Crippen molar-refractivity contribution in [3.05, 3.63) is 71.8 Å². The summed E-state index contributed by atoms with van der Waals surface area (Å²) < 4.78 is 6.23. The summed E-state index contributed by atoms with van der Waals surface area (Å²) in [5.74, 6) is 0.872. The minimum absolute atomic E-state index is 0.430. The Hall–Kier alpha value is -2.54. The fourth-order valence-electron chi connectivity index (χ4n) is 3.85. The van der Waals surface area contributed by atoms with E-state index in [9.17, 15) is 0 Å². The molecule has 0 aliphatic heterocycles. The van der Waals surface area contributed by atoms with Gasteiger partial charge in [0, 0.05) is 10.8 Å². The van der Waals surface area contributed by atoms with Crippen LogP contribution in [0.25, 0.3) is 33.1 Å². The van der Waals surface area contributed by atoms with Crippen molar-refractivity contribution in [2.75, 3.05) is 0 Å². The normalized spacial score (nSPS) is 11.9. The summed E-state index contributed by atoms with van der Waals surface area (Å²) in [7, 11) is 0. The summed E-state index contributed by atoms with van der Waals surface area (Å²) in [6, 6.07) is 22.3. The molecule has 1 aromatic heterocycles. The van der Waals surface area contributed by atoms with Gasteiger partial charge in [0.15, 0.2) is 0 Å². The standard InChI is InChI=1S/C24H23O/c1-15(2)19-14-21-24(18-12-8-9-13-20(18)25-21)23(22(19)16(3)4)17-10-6-5-7-11-17/h5-10,12-16H,1-4H3. The molecule has 0 unspecified atom stereocenters. The summed E-state index contributed by atoms with van der Waals surface area (Å²) in [4.78, 5) is 0. The lowest BCUT2D eigenvalue weighted by Crippen LogP contribution is -2.02. The minimum Gasteiger partial charge on any atom is -0.456 e. The molecule has 0 aliphatic rings. The van der Waals surface area contributed by atoms with Crippen LogP contribution in [0.3, 0.4) is 0 Å². The topological polar surface area (TPSA) is 13.1 Å². The van der Waals surface area contributed by atoms with E-state index in [2.05, 4.69) is 70.2 Å². The molecule has 0 bridgehead atoms.